The molecule has 1 N–H and O–H groups in total. The van der Waals surface area contributed by atoms with Crippen LogP contribution in [0.1, 0.15) is 18.4 Å². The number of hydrogen-bond acceptors (Lipinski definition) is 4. The van der Waals surface area contributed by atoms with Crippen LogP contribution in [-0.4, -0.2) is 92.9 Å². The van der Waals surface area contributed by atoms with Gasteiger partial charge in [-0.2, -0.15) is 0 Å². The summed E-state index contributed by atoms with van der Waals surface area (Å²) in [6.45, 7) is 8.88. The fourth-order valence-electron chi connectivity index (χ4n) is 3.19. The minimum absolute atomic E-state index is 0.867. The van der Waals surface area contributed by atoms with Gasteiger partial charge < -0.3 is 19.9 Å². The van der Waals surface area contributed by atoms with Gasteiger partial charge in [0.15, 0.2) is 5.11 Å². The van der Waals surface area contributed by atoms with Crippen LogP contribution in [0, 0.1) is 0 Å². The summed E-state index contributed by atoms with van der Waals surface area (Å²) in [5, 5.41) is 4.37. The topological polar surface area (TPSA) is 31.0 Å². The number of thiocarbonyl (C=S) groups is 1. The van der Waals surface area contributed by atoms with Crippen molar-refractivity contribution in [3.63, 3.8) is 0 Å². The number of ether oxygens (including phenoxy) is 1. The SMILES string of the molecule is CN(C)CCN(CCCc1ccccc1)C(=S)NCCCN1CCOCC1. The molecule has 6 heteroatoms. The minimum atomic E-state index is 0.867. The molecular weight excluding hydrogens is 356 g/mol. The first-order chi connectivity index (χ1) is 13.1. The Hall–Kier alpha value is -1.21. The summed E-state index contributed by atoms with van der Waals surface area (Å²) in [6, 6.07) is 10.7. The molecule has 0 aromatic heterocycles. The van der Waals surface area contributed by atoms with E-state index >= 15 is 0 Å². The van der Waals surface area contributed by atoms with E-state index in [2.05, 4.69) is 64.4 Å². The molecule has 1 aromatic carbocycles. The van der Waals surface area contributed by atoms with E-state index in [0.717, 1.165) is 83.4 Å². The van der Waals surface area contributed by atoms with Crippen LogP contribution in [0.25, 0.3) is 0 Å². The summed E-state index contributed by atoms with van der Waals surface area (Å²) in [7, 11) is 4.22. The van der Waals surface area contributed by atoms with Crippen molar-refractivity contribution in [1.29, 1.82) is 0 Å². The molecule has 0 bridgehead atoms. The number of rotatable bonds is 11. The van der Waals surface area contributed by atoms with E-state index in [4.69, 9.17) is 17.0 Å². The fraction of sp³-hybridized carbons (Fsp3) is 0.667. The van der Waals surface area contributed by atoms with E-state index in [1.807, 2.05) is 0 Å². The molecular formula is C21H36N4OS. The summed E-state index contributed by atoms with van der Waals surface area (Å²) in [5.74, 6) is 0. The molecule has 1 aliphatic rings. The Bertz CT molecular complexity index is 520. The number of aryl methyl sites for hydroxylation is 1. The van der Waals surface area contributed by atoms with Crippen LogP contribution in [-0.2, 0) is 11.2 Å². The van der Waals surface area contributed by atoms with Crippen molar-refractivity contribution in [2.45, 2.75) is 19.3 Å². The monoisotopic (exact) mass is 392 g/mol. The third-order valence-corrected chi connectivity index (χ3v) is 5.27. The number of nitrogens with one attached hydrogen (secondary N) is 1. The molecule has 0 radical (unpaired) electrons. The van der Waals surface area contributed by atoms with Gasteiger partial charge in [-0.05, 0) is 57.7 Å². The lowest BCUT2D eigenvalue weighted by Gasteiger charge is -2.28. The molecule has 2 rings (SSSR count). The number of morpholine rings is 1. The first-order valence-corrected chi connectivity index (χ1v) is 10.6. The Balaban J connectivity index is 1.69. The van der Waals surface area contributed by atoms with Crippen LogP contribution < -0.4 is 5.32 Å². The first-order valence-electron chi connectivity index (χ1n) is 10.2. The normalized spacial score (nSPS) is 15.1. The highest BCUT2D eigenvalue weighted by Crippen LogP contribution is 2.04. The van der Waals surface area contributed by atoms with Gasteiger partial charge in [0.2, 0.25) is 0 Å². The second-order valence-electron chi connectivity index (χ2n) is 7.42. The molecule has 1 saturated heterocycles. The predicted molar refractivity (Wildman–Crippen MR) is 117 cm³/mol. The Morgan fingerprint density at radius 3 is 2.52 bits per heavy atom. The van der Waals surface area contributed by atoms with Gasteiger partial charge >= 0.3 is 0 Å². The molecule has 1 heterocycles. The van der Waals surface area contributed by atoms with Gasteiger partial charge in [0.25, 0.3) is 0 Å². The predicted octanol–water partition coefficient (Wildman–Crippen LogP) is 2.08. The van der Waals surface area contributed by atoms with Gasteiger partial charge in [-0.15, -0.1) is 0 Å². The minimum Gasteiger partial charge on any atom is -0.379 e. The van der Waals surface area contributed by atoms with E-state index < -0.39 is 0 Å². The van der Waals surface area contributed by atoms with Gasteiger partial charge in [-0.25, -0.2) is 0 Å². The maximum atomic E-state index is 5.69. The fourth-order valence-corrected chi connectivity index (χ4v) is 3.47. The highest BCUT2D eigenvalue weighted by atomic mass is 32.1. The molecule has 1 fully saturated rings. The van der Waals surface area contributed by atoms with Gasteiger partial charge in [-0.3, -0.25) is 4.90 Å². The summed E-state index contributed by atoms with van der Waals surface area (Å²) >= 11 is 5.69. The molecule has 5 nitrogen and oxygen atoms in total. The Morgan fingerprint density at radius 2 is 1.81 bits per heavy atom. The molecule has 0 aliphatic carbocycles. The maximum absolute atomic E-state index is 5.69. The standard InChI is InChI=1S/C21H36N4OS/c1-23(2)14-15-25(13-6-10-20-8-4-3-5-9-20)21(27)22-11-7-12-24-16-18-26-19-17-24/h3-5,8-9H,6-7,10-19H2,1-2H3,(H,22,27). The number of likely N-dealkylation sites (N-methyl/N-ethyl adjacent to an activating group) is 1. The zero-order chi connectivity index (χ0) is 19.3. The average Bonchev–Trinajstić information content (AvgIpc) is 2.69. The second kappa shape index (κ2) is 13.0. The Morgan fingerprint density at radius 1 is 1.07 bits per heavy atom. The van der Waals surface area contributed by atoms with Gasteiger partial charge in [-0.1, -0.05) is 30.3 Å². The Kier molecular flexibility index (Phi) is 10.7. The van der Waals surface area contributed by atoms with E-state index in [0.29, 0.717) is 0 Å². The summed E-state index contributed by atoms with van der Waals surface area (Å²) in [6.07, 6.45) is 3.33. The summed E-state index contributed by atoms with van der Waals surface area (Å²) in [5.41, 5.74) is 1.40. The van der Waals surface area contributed by atoms with Crippen LogP contribution in [0.3, 0.4) is 0 Å². The first kappa shape index (κ1) is 22.1. The van der Waals surface area contributed by atoms with Crippen LogP contribution in [0.4, 0.5) is 0 Å². The molecule has 0 amide bonds. The highest BCUT2D eigenvalue weighted by molar-refractivity contribution is 7.80. The van der Waals surface area contributed by atoms with Crippen molar-refractivity contribution < 1.29 is 4.74 Å². The number of nitrogens with zero attached hydrogens (tertiary/aromatic N) is 3. The maximum Gasteiger partial charge on any atom is 0.168 e. The van der Waals surface area contributed by atoms with Gasteiger partial charge in [0, 0.05) is 39.3 Å². The number of benzene rings is 1. The average molecular weight is 393 g/mol. The zero-order valence-corrected chi connectivity index (χ0v) is 17.8. The molecule has 0 saturated carbocycles. The third-order valence-electron chi connectivity index (χ3n) is 4.87. The second-order valence-corrected chi connectivity index (χ2v) is 7.81. The molecule has 0 spiro atoms. The largest absolute Gasteiger partial charge is 0.379 e. The molecule has 0 unspecified atom stereocenters. The lowest BCUT2D eigenvalue weighted by atomic mass is 10.1. The van der Waals surface area contributed by atoms with Crippen molar-refractivity contribution >= 4 is 17.3 Å². The van der Waals surface area contributed by atoms with Crippen molar-refractivity contribution in [3.05, 3.63) is 35.9 Å². The molecule has 0 atom stereocenters. The van der Waals surface area contributed by atoms with E-state index in [1.54, 1.807) is 0 Å². The van der Waals surface area contributed by atoms with Crippen LogP contribution in [0.2, 0.25) is 0 Å². The molecule has 27 heavy (non-hydrogen) atoms. The van der Waals surface area contributed by atoms with Gasteiger partial charge in [0.05, 0.1) is 13.2 Å². The lowest BCUT2D eigenvalue weighted by molar-refractivity contribution is 0.0376. The molecule has 1 aromatic rings. The van der Waals surface area contributed by atoms with Crippen molar-refractivity contribution in [2.24, 2.45) is 0 Å². The van der Waals surface area contributed by atoms with E-state index in [9.17, 15) is 0 Å². The van der Waals surface area contributed by atoms with E-state index in [1.165, 1.54) is 5.56 Å². The molecule has 152 valence electrons. The quantitative estimate of drug-likeness (QED) is 0.458. The smallest absolute Gasteiger partial charge is 0.168 e. The van der Waals surface area contributed by atoms with Crippen LogP contribution in [0.15, 0.2) is 30.3 Å². The Labute approximate surface area is 170 Å². The van der Waals surface area contributed by atoms with Gasteiger partial charge in [0.1, 0.15) is 0 Å². The van der Waals surface area contributed by atoms with Crippen molar-refractivity contribution in [2.75, 3.05) is 73.1 Å². The molecule has 1 aliphatic heterocycles. The van der Waals surface area contributed by atoms with Crippen molar-refractivity contribution in [1.82, 2.24) is 20.0 Å². The number of hydrogen-bond donors (Lipinski definition) is 1. The van der Waals surface area contributed by atoms with Crippen LogP contribution in [0.5, 0.6) is 0 Å². The highest BCUT2D eigenvalue weighted by Gasteiger charge is 2.11. The van der Waals surface area contributed by atoms with Crippen molar-refractivity contribution in [3.8, 4) is 0 Å². The third kappa shape index (κ3) is 9.51. The summed E-state index contributed by atoms with van der Waals surface area (Å²) in [4.78, 5) is 7.01. The lowest BCUT2D eigenvalue weighted by Crippen LogP contribution is -2.44. The summed E-state index contributed by atoms with van der Waals surface area (Å²) < 4.78 is 5.40. The van der Waals surface area contributed by atoms with E-state index in [-0.39, 0.29) is 0 Å². The zero-order valence-electron chi connectivity index (χ0n) is 17.0. The van der Waals surface area contributed by atoms with Crippen LogP contribution >= 0.6 is 12.2 Å².